The van der Waals surface area contributed by atoms with Gasteiger partial charge in [-0.1, -0.05) is 23.7 Å². The van der Waals surface area contributed by atoms with Gasteiger partial charge in [-0.3, -0.25) is 4.79 Å². The van der Waals surface area contributed by atoms with Crippen LogP contribution in [0.2, 0.25) is 5.02 Å². The molecule has 2 aromatic carbocycles. The van der Waals surface area contributed by atoms with E-state index in [1.807, 2.05) is 38.1 Å². The molecule has 0 saturated carbocycles. The fraction of sp³-hybridized carbons (Fsp3) is 0.435. The van der Waals surface area contributed by atoms with E-state index in [1.165, 1.54) is 0 Å². The summed E-state index contributed by atoms with van der Waals surface area (Å²) in [6.45, 7) is 6.34. The summed E-state index contributed by atoms with van der Waals surface area (Å²) in [5.41, 5.74) is 1.75. The van der Waals surface area contributed by atoms with Crippen LogP contribution in [0.4, 0.5) is 0 Å². The molecule has 168 valence electrons. The van der Waals surface area contributed by atoms with Crippen molar-refractivity contribution in [2.24, 2.45) is 0 Å². The fourth-order valence-electron chi connectivity index (χ4n) is 3.64. The van der Waals surface area contributed by atoms with Crippen LogP contribution in [-0.4, -0.2) is 49.5 Å². The molecule has 0 aromatic heterocycles. The predicted octanol–water partition coefficient (Wildman–Crippen LogP) is 4.03. The molecule has 8 heteroatoms. The van der Waals surface area contributed by atoms with Crippen molar-refractivity contribution >= 4 is 27.3 Å². The summed E-state index contributed by atoms with van der Waals surface area (Å²) >= 11 is 6.07. The number of rotatable bonds is 8. The van der Waals surface area contributed by atoms with Gasteiger partial charge in [0.1, 0.15) is 11.5 Å². The summed E-state index contributed by atoms with van der Waals surface area (Å²) in [4.78, 5) is 15.0. The topological polar surface area (TPSA) is 72.9 Å². The zero-order valence-electron chi connectivity index (χ0n) is 18.0. The first kappa shape index (κ1) is 23.4. The van der Waals surface area contributed by atoms with Gasteiger partial charge in [0, 0.05) is 17.6 Å². The Morgan fingerprint density at radius 1 is 1.19 bits per heavy atom. The van der Waals surface area contributed by atoms with E-state index >= 15 is 0 Å². The van der Waals surface area contributed by atoms with Crippen LogP contribution in [0.5, 0.6) is 11.5 Å². The largest absolute Gasteiger partial charge is 0.494 e. The molecule has 2 aromatic rings. The summed E-state index contributed by atoms with van der Waals surface area (Å²) in [5, 5.41) is 0.625. The molecule has 2 atom stereocenters. The number of sulfone groups is 1. The van der Waals surface area contributed by atoms with Crippen LogP contribution < -0.4 is 9.47 Å². The van der Waals surface area contributed by atoms with Gasteiger partial charge in [0.2, 0.25) is 0 Å². The molecule has 0 radical (unpaired) electrons. The van der Waals surface area contributed by atoms with Gasteiger partial charge in [-0.25, -0.2) is 8.42 Å². The first-order valence-electron chi connectivity index (χ1n) is 10.3. The molecular weight excluding hydrogens is 438 g/mol. The molecule has 0 bridgehead atoms. The first-order valence-corrected chi connectivity index (χ1v) is 12.5. The summed E-state index contributed by atoms with van der Waals surface area (Å²) in [6, 6.07) is 12.3. The van der Waals surface area contributed by atoms with Crippen molar-refractivity contribution in [3.63, 3.8) is 0 Å². The van der Waals surface area contributed by atoms with Gasteiger partial charge in [0.05, 0.1) is 18.1 Å². The lowest BCUT2D eigenvalue weighted by atomic mass is 10.1. The highest BCUT2D eigenvalue weighted by atomic mass is 35.5. The Kier molecular flexibility index (Phi) is 7.49. The van der Waals surface area contributed by atoms with E-state index in [1.54, 1.807) is 30.0 Å². The normalized spacial score (nSPS) is 18.4. The molecule has 1 saturated heterocycles. The number of amides is 1. The Balaban J connectivity index is 1.79. The first-order chi connectivity index (χ1) is 14.7. The van der Waals surface area contributed by atoms with Gasteiger partial charge >= 0.3 is 0 Å². The van der Waals surface area contributed by atoms with Crippen LogP contribution in [-0.2, 0) is 21.2 Å². The predicted molar refractivity (Wildman–Crippen MR) is 121 cm³/mol. The van der Waals surface area contributed by atoms with Gasteiger partial charge in [-0.15, -0.1) is 0 Å². The molecule has 1 fully saturated rings. The SMILES string of the molecule is CCOc1ccc(CN(C(=O)[C@H](C)Oc2ccc(Cl)c(C)c2)[C@H]2CCS(=O)(=O)C2)cc1. The number of halogens is 1. The Labute approximate surface area is 189 Å². The van der Waals surface area contributed by atoms with E-state index in [-0.39, 0.29) is 23.5 Å². The lowest BCUT2D eigenvalue weighted by molar-refractivity contribution is -0.140. The molecule has 31 heavy (non-hydrogen) atoms. The van der Waals surface area contributed by atoms with E-state index in [4.69, 9.17) is 21.1 Å². The second-order valence-corrected chi connectivity index (χ2v) is 10.4. The molecule has 3 rings (SSSR count). The third-order valence-corrected chi connectivity index (χ3v) is 7.48. The van der Waals surface area contributed by atoms with Crippen LogP contribution >= 0.6 is 11.6 Å². The highest BCUT2D eigenvalue weighted by Gasteiger charge is 2.36. The van der Waals surface area contributed by atoms with Crippen LogP contribution in [0.15, 0.2) is 42.5 Å². The van der Waals surface area contributed by atoms with Crippen molar-refractivity contribution in [1.82, 2.24) is 4.90 Å². The molecule has 1 heterocycles. The molecule has 0 spiro atoms. The summed E-state index contributed by atoms with van der Waals surface area (Å²) in [6.07, 6.45) is -0.343. The number of carbonyl (C=O) groups excluding carboxylic acids is 1. The maximum Gasteiger partial charge on any atom is 0.263 e. The highest BCUT2D eigenvalue weighted by molar-refractivity contribution is 7.91. The van der Waals surface area contributed by atoms with Gasteiger partial charge in [0.25, 0.3) is 5.91 Å². The number of hydrogen-bond acceptors (Lipinski definition) is 5. The second kappa shape index (κ2) is 9.92. The minimum absolute atomic E-state index is 0.0253. The molecule has 0 unspecified atom stereocenters. The maximum atomic E-state index is 13.3. The van der Waals surface area contributed by atoms with Crippen molar-refractivity contribution in [1.29, 1.82) is 0 Å². The minimum Gasteiger partial charge on any atom is -0.494 e. The second-order valence-electron chi connectivity index (χ2n) is 7.77. The third-order valence-electron chi connectivity index (χ3n) is 5.31. The van der Waals surface area contributed by atoms with Crippen molar-refractivity contribution in [2.75, 3.05) is 18.1 Å². The number of hydrogen-bond donors (Lipinski definition) is 0. The minimum atomic E-state index is -3.14. The van der Waals surface area contributed by atoms with E-state index in [9.17, 15) is 13.2 Å². The van der Waals surface area contributed by atoms with Crippen LogP contribution in [0, 0.1) is 6.92 Å². The lowest BCUT2D eigenvalue weighted by Gasteiger charge is -2.31. The van der Waals surface area contributed by atoms with Gasteiger partial charge in [-0.05, 0) is 68.7 Å². The Morgan fingerprint density at radius 3 is 2.45 bits per heavy atom. The molecule has 1 aliphatic rings. The van der Waals surface area contributed by atoms with Crippen LogP contribution in [0.1, 0.15) is 31.4 Å². The van der Waals surface area contributed by atoms with E-state index < -0.39 is 15.9 Å². The molecule has 0 aliphatic carbocycles. The summed E-state index contributed by atoms with van der Waals surface area (Å²) in [5.74, 6) is 1.12. The zero-order chi connectivity index (χ0) is 22.6. The Hall–Kier alpha value is -2.25. The Bertz CT molecular complexity index is 1020. The molecule has 6 nitrogen and oxygen atoms in total. The van der Waals surface area contributed by atoms with Crippen molar-refractivity contribution in [3.05, 3.63) is 58.6 Å². The van der Waals surface area contributed by atoms with Gasteiger partial charge in [-0.2, -0.15) is 0 Å². The smallest absolute Gasteiger partial charge is 0.263 e. The number of benzene rings is 2. The molecule has 0 N–H and O–H groups in total. The number of nitrogens with zero attached hydrogens (tertiary/aromatic N) is 1. The average molecular weight is 466 g/mol. The zero-order valence-corrected chi connectivity index (χ0v) is 19.6. The Morgan fingerprint density at radius 2 is 1.87 bits per heavy atom. The van der Waals surface area contributed by atoms with Crippen molar-refractivity contribution in [2.45, 2.75) is 45.9 Å². The van der Waals surface area contributed by atoms with Gasteiger partial charge < -0.3 is 14.4 Å². The van der Waals surface area contributed by atoms with Crippen molar-refractivity contribution in [3.8, 4) is 11.5 Å². The number of carbonyl (C=O) groups is 1. The number of aryl methyl sites for hydroxylation is 1. The monoisotopic (exact) mass is 465 g/mol. The van der Waals surface area contributed by atoms with Gasteiger partial charge in [0.15, 0.2) is 15.9 Å². The van der Waals surface area contributed by atoms with Crippen molar-refractivity contribution < 1.29 is 22.7 Å². The standard InChI is InChI=1S/C23H28ClNO5S/c1-4-29-20-7-5-18(6-8-20)14-25(19-11-12-31(27,28)15-19)23(26)17(3)30-21-9-10-22(24)16(2)13-21/h5-10,13,17,19H,4,11-12,14-15H2,1-3H3/t17-,19-/m0/s1. The summed E-state index contributed by atoms with van der Waals surface area (Å²) in [7, 11) is -3.14. The maximum absolute atomic E-state index is 13.3. The average Bonchev–Trinajstić information content (AvgIpc) is 3.09. The van der Waals surface area contributed by atoms with E-state index in [2.05, 4.69) is 0 Å². The van der Waals surface area contributed by atoms with E-state index in [0.29, 0.717) is 30.3 Å². The van der Waals surface area contributed by atoms with E-state index in [0.717, 1.165) is 16.9 Å². The number of ether oxygens (including phenoxy) is 2. The lowest BCUT2D eigenvalue weighted by Crippen LogP contribution is -2.46. The highest BCUT2D eigenvalue weighted by Crippen LogP contribution is 2.25. The summed E-state index contributed by atoms with van der Waals surface area (Å²) < 4.78 is 35.5. The molecular formula is C23H28ClNO5S. The quantitative estimate of drug-likeness (QED) is 0.588. The van der Waals surface area contributed by atoms with Crippen LogP contribution in [0.3, 0.4) is 0 Å². The molecule has 1 amide bonds. The van der Waals surface area contributed by atoms with Crippen LogP contribution in [0.25, 0.3) is 0 Å². The third kappa shape index (κ3) is 6.14. The fourth-order valence-corrected chi connectivity index (χ4v) is 5.49. The molecule has 1 aliphatic heterocycles.